The second kappa shape index (κ2) is 6.01. The fourth-order valence-corrected chi connectivity index (χ4v) is 3.46. The van der Waals surface area contributed by atoms with E-state index in [1.165, 1.54) is 0 Å². The van der Waals surface area contributed by atoms with Crippen LogP contribution in [-0.2, 0) is 7.05 Å². The van der Waals surface area contributed by atoms with Crippen molar-refractivity contribution in [3.05, 3.63) is 60.3 Å². The van der Waals surface area contributed by atoms with Gasteiger partial charge in [-0.1, -0.05) is 6.07 Å². The van der Waals surface area contributed by atoms with Crippen LogP contribution in [-0.4, -0.2) is 43.1 Å². The molecule has 1 N–H and O–H groups in total. The molecule has 8 nitrogen and oxygen atoms in total. The lowest BCUT2D eigenvalue weighted by Gasteiger charge is -2.26. The minimum absolute atomic E-state index is 0.137. The van der Waals surface area contributed by atoms with Crippen molar-refractivity contribution in [1.29, 1.82) is 0 Å². The van der Waals surface area contributed by atoms with Crippen molar-refractivity contribution in [2.45, 2.75) is 13.0 Å². The standard InChI is InChI=1S/C19H18N8/c1-12-8-14-15(4-3-5-16(14)25-24-12)23-18-19-21-10-17(27(19)7-6-20-18)13-9-22-26(2)11-13/h3-9,11,17H,10H2,1-2H3,(H,20,23). The third-order valence-corrected chi connectivity index (χ3v) is 4.75. The van der Waals surface area contributed by atoms with E-state index < -0.39 is 0 Å². The Morgan fingerprint density at radius 1 is 1.22 bits per heavy atom. The first kappa shape index (κ1) is 15.7. The quantitative estimate of drug-likeness (QED) is 0.761. The number of nitrogens with zero attached hydrogens (tertiary/aromatic N) is 7. The smallest absolute Gasteiger partial charge is 0.173 e. The average Bonchev–Trinajstić information content (AvgIpc) is 3.29. The highest BCUT2D eigenvalue weighted by atomic mass is 15.3. The molecule has 134 valence electrons. The van der Waals surface area contributed by atoms with Gasteiger partial charge >= 0.3 is 0 Å². The van der Waals surface area contributed by atoms with Crippen molar-refractivity contribution in [2.75, 3.05) is 11.9 Å². The zero-order valence-electron chi connectivity index (χ0n) is 15.0. The van der Waals surface area contributed by atoms with E-state index in [0.717, 1.165) is 39.5 Å². The van der Waals surface area contributed by atoms with Gasteiger partial charge in [0.15, 0.2) is 11.7 Å². The van der Waals surface area contributed by atoms with Gasteiger partial charge in [0.2, 0.25) is 0 Å². The number of rotatable bonds is 2. The molecule has 2 aliphatic rings. The van der Waals surface area contributed by atoms with E-state index in [2.05, 4.69) is 30.5 Å². The molecule has 1 aromatic carbocycles. The molecule has 1 atom stereocenters. The number of aliphatic imine (C=N–C) groups is 2. The number of benzene rings is 1. The number of hydrogen-bond donors (Lipinski definition) is 1. The summed E-state index contributed by atoms with van der Waals surface area (Å²) in [4.78, 5) is 11.4. The van der Waals surface area contributed by atoms with Crippen LogP contribution in [0.25, 0.3) is 10.9 Å². The first-order valence-corrected chi connectivity index (χ1v) is 8.75. The molecule has 2 aliphatic heterocycles. The fourth-order valence-electron chi connectivity index (χ4n) is 3.46. The molecular formula is C19H18N8. The SMILES string of the molecule is Cc1cc2c(NC3=NC=CN4C3=NCC4c3cnn(C)c3)cccc2nn1. The normalized spacial score (nSPS) is 18.4. The minimum Gasteiger partial charge on any atom is -0.337 e. The highest BCUT2D eigenvalue weighted by Gasteiger charge is 2.32. The Bertz CT molecular complexity index is 1120. The lowest BCUT2D eigenvalue weighted by molar-refractivity contribution is 0.458. The van der Waals surface area contributed by atoms with Gasteiger partial charge in [-0.05, 0) is 25.1 Å². The molecule has 0 amide bonds. The number of anilines is 1. The third-order valence-electron chi connectivity index (χ3n) is 4.75. The molecule has 0 fully saturated rings. The van der Waals surface area contributed by atoms with Crippen molar-refractivity contribution in [3.8, 4) is 0 Å². The Labute approximate surface area is 156 Å². The van der Waals surface area contributed by atoms with E-state index in [1.807, 2.05) is 61.5 Å². The van der Waals surface area contributed by atoms with Gasteiger partial charge in [0.25, 0.3) is 0 Å². The van der Waals surface area contributed by atoms with Crippen molar-refractivity contribution < 1.29 is 0 Å². The zero-order valence-corrected chi connectivity index (χ0v) is 15.0. The second-order valence-electron chi connectivity index (χ2n) is 6.66. The first-order valence-electron chi connectivity index (χ1n) is 8.75. The average molecular weight is 358 g/mol. The number of hydrogen-bond acceptors (Lipinski definition) is 7. The summed E-state index contributed by atoms with van der Waals surface area (Å²) in [7, 11) is 1.92. The monoisotopic (exact) mass is 358 g/mol. The van der Waals surface area contributed by atoms with E-state index in [4.69, 9.17) is 4.99 Å². The van der Waals surface area contributed by atoms with Gasteiger partial charge in [-0.25, -0.2) is 4.99 Å². The van der Waals surface area contributed by atoms with Crippen molar-refractivity contribution in [1.82, 2.24) is 24.9 Å². The Morgan fingerprint density at radius 3 is 3.00 bits per heavy atom. The van der Waals surface area contributed by atoms with E-state index >= 15 is 0 Å². The lowest BCUT2D eigenvalue weighted by Crippen LogP contribution is -2.37. The topological polar surface area (TPSA) is 83.6 Å². The maximum absolute atomic E-state index is 4.73. The van der Waals surface area contributed by atoms with Gasteiger partial charge in [0.1, 0.15) is 0 Å². The number of aryl methyl sites for hydroxylation is 2. The van der Waals surface area contributed by atoms with E-state index in [0.29, 0.717) is 6.54 Å². The van der Waals surface area contributed by atoms with Crippen molar-refractivity contribution in [2.24, 2.45) is 17.0 Å². The number of aromatic nitrogens is 4. The third kappa shape index (κ3) is 2.66. The van der Waals surface area contributed by atoms with Crippen molar-refractivity contribution >= 4 is 28.3 Å². The Morgan fingerprint density at radius 2 is 2.15 bits per heavy atom. The first-order chi connectivity index (χ1) is 13.2. The summed E-state index contributed by atoms with van der Waals surface area (Å²) in [6.45, 7) is 2.61. The summed E-state index contributed by atoms with van der Waals surface area (Å²) in [5.41, 5.74) is 3.79. The highest BCUT2D eigenvalue weighted by Crippen LogP contribution is 2.30. The number of fused-ring (bicyclic) bond motifs is 2. The fraction of sp³-hybridized carbons (Fsp3) is 0.211. The predicted octanol–water partition coefficient (Wildman–Crippen LogP) is 2.42. The molecule has 0 saturated heterocycles. The molecule has 0 saturated carbocycles. The molecule has 3 aromatic rings. The molecule has 0 radical (unpaired) electrons. The Hall–Kier alpha value is -3.55. The summed E-state index contributed by atoms with van der Waals surface area (Å²) in [6, 6.07) is 8.09. The second-order valence-corrected chi connectivity index (χ2v) is 6.66. The molecule has 0 bridgehead atoms. The number of amidine groups is 2. The summed E-state index contributed by atoms with van der Waals surface area (Å²) < 4.78 is 1.81. The van der Waals surface area contributed by atoms with E-state index in [-0.39, 0.29) is 6.04 Å². The summed E-state index contributed by atoms with van der Waals surface area (Å²) in [6.07, 6.45) is 7.68. The van der Waals surface area contributed by atoms with Gasteiger partial charge in [0.05, 0.1) is 30.0 Å². The van der Waals surface area contributed by atoms with Crippen LogP contribution < -0.4 is 5.32 Å². The van der Waals surface area contributed by atoms with Crippen LogP contribution in [0.3, 0.4) is 0 Å². The van der Waals surface area contributed by atoms with Crippen LogP contribution in [0, 0.1) is 6.92 Å². The maximum atomic E-state index is 4.73. The largest absolute Gasteiger partial charge is 0.337 e. The lowest BCUT2D eigenvalue weighted by atomic mass is 10.1. The molecule has 4 heterocycles. The summed E-state index contributed by atoms with van der Waals surface area (Å²) in [5, 5.41) is 17.1. The number of nitrogens with one attached hydrogen (secondary N) is 1. The highest BCUT2D eigenvalue weighted by molar-refractivity contribution is 6.46. The summed E-state index contributed by atoms with van der Waals surface area (Å²) >= 11 is 0. The molecule has 27 heavy (non-hydrogen) atoms. The van der Waals surface area contributed by atoms with Crippen LogP contribution in [0.1, 0.15) is 17.3 Å². The van der Waals surface area contributed by atoms with Gasteiger partial charge in [-0.3, -0.25) is 9.67 Å². The van der Waals surface area contributed by atoms with Gasteiger partial charge in [-0.15, -0.1) is 0 Å². The van der Waals surface area contributed by atoms with Crippen LogP contribution in [0.2, 0.25) is 0 Å². The molecule has 0 aliphatic carbocycles. The molecule has 8 heteroatoms. The Kier molecular flexibility index (Phi) is 3.49. The minimum atomic E-state index is 0.137. The van der Waals surface area contributed by atoms with Crippen LogP contribution in [0.15, 0.2) is 59.0 Å². The zero-order chi connectivity index (χ0) is 18.4. The maximum Gasteiger partial charge on any atom is 0.173 e. The molecular weight excluding hydrogens is 340 g/mol. The predicted molar refractivity (Wildman–Crippen MR) is 105 cm³/mol. The molecule has 0 spiro atoms. The molecule has 2 aromatic heterocycles. The van der Waals surface area contributed by atoms with Crippen LogP contribution in [0.5, 0.6) is 0 Å². The van der Waals surface area contributed by atoms with E-state index in [1.54, 1.807) is 6.20 Å². The summed E-state index contributed by atoms with van der Waals surface area (Å²) in [5.74, 6) is 1.56. The Balaban J connectivity index is 1.47. The van der Waals surface area contributed by atoms with E-state index in [9.17, 15) is 0 Å². The molecule has 5 rings (SSSR count). The molecule has 1 unspecified atom stereocenters. The van der Waals surface area contributed by atoms with Crippen molar-refractivity contribution in [3.63, 3.8) is 0 Å². The van der Waals surface area contributed by atoms with Crippen LogP contribution in [0.4, 0.5) is 5.69 Å². The van der Waals surface area contributed by atoms with Gasteiger partial charge < -0.3 is 10.2 Å². The van der Waals surface area contributed by atoms with Gasteiger partial charge in [-0.2, -0.15) is 15.3 Å². The van der Waals surface area contributed by atoms with Crippen LogP contribution >= 0.6 is 0 Å². The van der Waals surface area contributed by atoms with Gasteiger partial charge in [0, 0.05) is 42.3 Å².